The van der Waals surface area contributed by atoms with E-state index < -0.39 is 6.04 Å². The first kappa shape index (κ1) is 29.7. The normalized spacial score (nSPS) is 14.7. The molecular formula is C31H35N3O6S. The number of hydrogen-bond acceptors (Lipinski definition) is 8. The highest BCUT2D eigenvalue weighted by Gasteiger charge is 2.36. The molecule has 2 heterocycles. The van der Waals surface area contributed by atoms with Crippen molar-refractivity contribution >= 4 is 23.3 Å². The van der Waals surface area contributed by atoms with Crippen LogP contribution >= 0.6 is 11.3 Å². The van der Waals surface area contributed by atoms with Crippen LogP contribution in [-0.2, 0) is 4.79 Å². The molecule has 10 heteroatoms. The van der Waals surface area contributed by atoms with Crippen molar-refractivity contribution in [2.75, 3.05) is 41.0 Å². The van der Waals surface area contributed by atoms with Crippen molar-refractivity contribution in [1.29, 1.82) is 0 Å². The first-order chi connectivity index (χ1) is 19.8. The lowest BCUT2D eigenvalue weighted by atomic mass is 9.93. The summed E-state index contributed by atoms with van der Waals surface area (Å²) in [6.07, 6.45) is 3.44. The molecule has 9 nitrogen and oxygen atoms in total. The van der Waals surface area contributed by atoms with Crippen molar-refractivity contribution in [3.63, 3.8) is 0 Å². The van der Waals surface area contributed by atoms with Crippen LogP contribution in [0.1, 0.15) is 37.9 Å². The minimum Gasteiger partial charge on any atom is -0.497 e. The average molecular weight is 578 g/mol. The van der Waals surface area contributed by atoms with E-state index in [4.69, 9.17) is 23.9 Å². The number of hydrogen-bond donors (Lipinski definition) is 0. The third-order valence-electron chi connectivity index (χ3n) is 6.88. The van der Waals surface area contributed by atoms with Crippen molar-refractivity contribution in [1.82, 2.24) is 9.47 Å². The molecule has 1 aromatic heterocycles. The molecule has 0 bridgehead atoms. The number of ether oxygens (including phenoxy) is 4. The van der Waals surface area contributed by atoms with Gasteiger partial charge in [-0.1, -0.05) is 30.1 Å². The van der Waals surface area contributed by atoms with Crippen LogP contribution in [0, 0.1) is 0 Å². The molecule has 1 amide bonds. The van der Waals surface area contributed by atoms with Crippen molar-refractivity contribution in [2.24, 2.45) is 4.99 Å². The number of aromatic nitrogens is 1. The second-order valence-electron chi connectivity index (χ2n) is 9.18. The van der Waals surface area contributed by atoms with Crippen LogP contribution in [-0.4, -0.2) is 56.4 Å². The summed E-state index contributed by atoms with van der Waals surface area (Å²) in [4.78, 5) is 34.9. The van der Waals surface area contributed by atoms with Gasteiger partial charge in [-0.3, -0.25) is 14.2 Å². The van der Waals surface area contributed by atoms with Crippen LogP contribution < -0.4 is 33.8 Å². The number of thiazole rings is 1. The molecular weight excluding hydrogens is 542 g/mol. The topological polar surface area (TPSA) is 91.6 Å². The van der Waals surface area contributed by atoms with E-state index in [1.165, 1.54) is 11.3 Å². The third kappa shape index (κ3) is 5.78. The Labute approximate surface area is 243 Å². The highest BCUT2D eigenvalue weighted by molar-refractivity contribution is 7.07. The van der Waals surface area contributed by atoms with Crippen LogP contribution in [0.3, 0.4) is 0 Å². The fraction of sp³-hybridized carbons (Fsp3) is 0.323. The Morgan fingerprint density at radius 1 is 1.05 bits per heavy atom. The lowest BCUT2D eigenvalue weighted by Crippen LogP contribution is -2.43. The van der Waals surface area contributed by atoms with Crippen molar-refractivity contribution < 1.29 is 23.7 Å². The average Bonchev–Trinajstić information content (AvgIpc) is 3.29. The number of nitrogens with zero attached hydrogens (tertiary/aromatic N) is 3. The van der Waals surface area contributed by atoms with Crippen molar-refractivity contribution in [3.8, 4) is 23.0 Å². The molecule has 0 unspecified atom stereocenters. The van der Waals surface area contributed by atoms with E-state index in [1.807, 2.05) is 26.0 Å². The van der Waals surface area contributed by atoms with Gasteiger partial charge in [0.25, 0.3) is 11.5 Å². The van der Waals surface area contributed by atoms with Gasteiger partial charge in [-0.15, -0.1) is 0 Å². The molecule has 0 radical (unpaired) electrons. The Kier molecular flexibility index (Phi) is 9.34. The molecule has 1 atom stereocenters. The molecule has 1 aliphatic rings. The summed E-state index contributed by atoms with van der Waals surface area (Å²) in [5.74, 6) is 2.05. The third-order valence-corrected chi connectivity index (χ3v) is 7.86. The maximum absolute atomic E-state index is 14.1. The molecule has 0 saturated heterocycles. The molecule has 2 aromatic carbocycles. The van der Waals surface area contributed by atoms with Gasteiger partial charge in [-0.05, 0) is 62.7 Å². The highest BCUT2D eigenvalue weighted by Crippen LogP contribution is 2.38. The van der Waals surface area contributed by atoms with Crippen LogP contribution in [0.15, 0.2) is 70.1 Å². The minimum absolute atomic E-state index is 0.180. The zero-order chi connectivity index (χ0) is 29.7. The molecule has 0 fully saturated rings. The van der Waals surface area contributed by atoms with Gasteiger partial charge in [0, 0.05) is 18.7 Å². The number of carbonyl (C=O) groups is 1. The number of allylic oxidation sites excluding steroid dienone is 1. The molecule has 1 aliphatic heterocycles. The summed E-state index contributed by atoms with van der Waals surface area (Å²) in [6.45, 7) is 10.7. The van der Waals surface area contributed by atoms with E-state index in [-0.39, 0.29) is 11.5 Å². The largest absolute Gasteiger partial charge is 0.497 e. The van der Waals surface area contributed by atoms with E-state index >= 15 is 0 Å². The Morgan fingerprint density at radius 3 is 2.39 bits per heavy atom. The first-order valence-corrected chi connectivity index (χ1v) is 14.1. The monoisotopic (exact) mass is 577 g/mol. The van der Waals surface area contributed by atoms with Gasteiger partial charge in [-0.2, -0.15) is 0 Å². The van der Waals surface area contributed by atoms with Gasteiger partial charge in [0.1, 0.15) is 24.1 Å². The van der Waals surface area contributed by atoms with Crippen LogP contribution in [0.2, 0.25) is 0 Å². The van der Waals surface area contributed by atoms with Crippen molar-refractivity contribution in [2.45, 2.75) is 26.8 Å². The number of likely N-dealkylation sites (N-methyl/N-ethyl adjacent to an activating group) is 1. The zero-order valence-electron chi connectivity index (χ0n) is 24.2. The molecule has 0 spiro atoms. The summed E-state index contributed by atoms with van der Waals surface area (Å²) in [5, 5.41) is 0. The lowest BCUT2D eigenvalue weighted by molar-refractivity contribution is -0.127. The quantitative estimate of drug-likeness (QED) is 0.323. The highest BCUT2D eigenvalue weighted by atomic mass is 32.1. The molecule has 41 heavy (non-hydrogen) atoms. The van der Waals surface area contributed by atoms with E-state index in [1.54, 1.807) is 74.1 Å². The van der Waals surface area contributed by atoms with Gasteiger partial charge in [0.05, 0.1) is 37.1 Å². The lowest BCUT2D eigenvalue weighted by Gasteiger charge is -2.30. The standard InChI is InChI=1S/C31H35N3O6S/c1-8-15-40-24-13-11-20(16-25(24)39-7)17-26-29(35)34-28(22-18-21(37-5)12-14-23(22)38-6)27(19(4)32-31(34)41-26)30(36)33(9-2)10-3/h8,11-14,16-18,28H,1,9-10,15H2,2-7H3/b26-17+/t28-/m1/s1. The molecule has 216 valence electrons. The number of carbonyl (C=O) groups excluding carboxylic acids is 1. The summed E-state index contributed by atoms with van der Waals surface area (Å²) in [6, 6.07) is 10.0. The number of methoxy groups -OCH3 is 3. The molecule has 0 saturated carbocycles. The Bertz CT molecular complexity index is 1670. The predicted octanol–water partition coefficient (Wildman–Crippen LogP) is 3.69. The van der Waals surface area contributed by atoms with Gasteiger partial charge in [0.15, 0.2) is 16.3 Å². The second kappa shape index (κ2) is 12.9. The van der Waals surface area contributed by atoms with Crippen molar-refractivity contribution in [3.05, 3.63) is 91.1 Å². The minimum atomic E-state index is -0.768. The summed E-state index contributed by atoms with van der Waals surface area (Å²) < 4.78 is 24.4. The van der Waals surface area contributed by atoms with Crippen LogP contribution in [0.25, 0.3) is 6.08 Å². The maximum Gasteiger partial charge on any atom is 0.271 e. The number of benzene rings is 2. The smallest absolute Gasteiger partial charge is 0.271 e. The van der Waals surface area contributed by atoms with Gasteiger partial charge < -0.3 is 23.8 Å². The first-order valence-electron chi connectivity index (χ1n) is 13.3. The summed E-state index contributed by atoms with van der Waals surface area (Å²) in [7, 11) is 4.70. The van der Waals surface area contributed by atoms with Gasteiger partial charge in [0.2, 0.25) is 0 Å². The van der Waals surface area contributed by atoms with Crippen LogP contribution in [0.5, 0.6) is 23.0 Å². The van der Waals surface area contributed by atoms with Crippen LogP contribution in [0.4, 0.5) is 0 Å². The molecule has 0 N–H and O–H groups in total. The van der Waals surface area contributed by atoms with E-state index in [0.29, 0.717) is 68.9 Å². The van der Waals surface area contributed by atoms with E-state index in [2.05, 4.69) is 6.58 Å². The molecule has 4 rings (SSSR count). The summed E-state index contributed by atoms with van der Waals surface area (Å²) in [5.41, 5.74) is 2.09. The fourth-order valence-electron chi connectivity index (χ4n) is 4.82. The molecule has 0 aliphatic carbocycles. The second-order valence-corrected chi connectivity index (χ2v) is 10.2. The Morgan fingerprint density at radius 2 is 1.76 bits per heavy atom. The summed E-state index contributed by atoms with van der Waals surface area (Å²) >= 11 is 1.26. The molecule has 3 aromatic rings. The zero-order valence-corrected chi connectivity index (χ0v) is 25.0. The van der Waals surface area contributed by atoms with E-state index in [0.717, 1.165) is 5.56 Å². The number of amides is 1. The fourth-order valence-corrected chi connectivity index (χ4v) is 5.86. The SMILES string of the molecule is C=CCOc1ccc(/C=c2/sc3n(c2=O)[C@H](c2cc(OC)ccc2OC)C(C(=O)N(CC)CC)=C(C)N=3)cc1OC. The predicted molar refractivity (Wildman–Crippen MR) is 160 cm³/mol. The number of fused-ring (bicyclic) bond motifs is 1. The van der Waals surface area contributed by atoms with Gasteiger partial charge in [-0.25, -0.2) is 4.99 Å². The van der Waals surface area contributed by atoms with Gasteiger partial charge >= 0.3 is 0 Å². The Hall–Kier alpha value is -4.31. The Balaban J connectivity index is 1.96. The number of rotatable bonds is 11. The maximum atomic E-state index is 14.1. The van der Waals surface area contributed by atoms with E-state index in [9.17, 15) is 9.59 Å².